The molecule has 1 aliphatic heterocycles. The summed E-state index contributed by atoms with van der Waals surface area (Å²) >= 11 is 11.6. The van der Waals surface area contributed by atoms with Gasteiger partial charge in [0.05, 0.1) is 0 Å². The summed E-state index contributed by atoms with van der Waals surface area (Å²) in [6.07, 6.45) is 1.24. The first-order chi connectivity index (χ1) is 12.5. The predicted molar refractivity (Wildman–Crippen MR) is 112 cm³/mol. The summed E-state index contributed by atoms with van der Waals surface area (Å²) in [5, 5.41) is 7.09. The Morgan fingerprint density at radius 1 is 1.19 bits per heavy atom. The van der Waals surface area contributed by atoms with Crippen molar-refractivity contribution in [3.63, 3.8) is 0 Å². The Labute approximate surface area is 165 Å². The predicted octanol–water partition coefficient (Wildman–Crippen LogP) is 4.10. The highest BCUT2D eigenvalue weighted by Gasteiger charge is 2.23. The Morgan fingerprint density at radius 3 is 2.58 bits per heavy atom. The molecule has 2 atom stereocenters. The van der Waals surface area contributed by atoms with Gasteiger partial charge in [-0.2, -0.15) is 4.98 Å². The zero-order chi connectivity index (χ0) is 18.5. The van der Waals surface area contributed by atoms with Gasteiger partial charge in [0.15, 0.2) is 5.11 Å². The number of piperidine rings is 1. The van der Waals surface area contributed by atoms with E-state index in [9.17, 15) is 0 Å². The molecule has 0 spiro atoms. The molecular formula is C19H24ClN5S. The second-order valence-electron chi connectivity index (χ2n) is 7.02. The third-order valence-corrected chi connectivity index (χ3v) is 4.84. The number of aromatic nitrogens is 2. The van der Waals surface area contributed by atoms with Crippen molar-refractivity contribution in [2.24, 2.45) is 11.8 Å². The maximum Gasteiger partial charge on any atom is 0.232 e. The maximum atomic E-state index is 6.22. The number of nitrogens with one attached hydrogen (secondary N) is 2. The van der Waals surface area contributed by atoms with Gasteiger partial charge in [0.25, 0.3) is 0 Å². The molecule has 1 fully saturated rings. The Hall–Kier alpha value is -1.92. The first kappa shape index (κ1) is 18.9. The number of hydrogen-bond acceptors (Lipinski definition) is 4. The second kappa shape index (κ2) is 8.64. The Morgan fingerprint density at radius 2 is 1.88 bits per heavy atom. The normalized spacial score (nSPS) is 19.9. The van der Waals surface area contributed by atoms with E-state index in [1.54, 1.807) is 0 Å². The lowest BCUT2D eigenvalue weighted by molar-refractivity contribution is 0.355. The zero-order valence-corrected chi connectivity index (χ0v) is 16.6. The minimum Gasteiger partial charge on any atom is -0.358 e. The van der Waals surface area contributed by atoms with E-state index >= 15 is 0 Å². The molecule has 1 aliphatic rings. The molecule has 26 heavy (non-hydrogen) atoms. The highest BCUT2D eigenvalue weighted by atomic mass is 35.5. The van der Waals surface area contributed by atoms with E-state index in [0.717, 1.165) is 24.5 Å². The van der Waals surface area contributed by atoms with Crippen molar-refractivity contribution in [3.05, 3.63) is 47.1 Å². The standard InChI is InChI=1S/C19H24ClN5S/c1-13-8-14(2)12-25(11-13)17-9-16(20)22-18(23-17)24-19(26)21-10-15-6-4-3-5-7-15/h3-7,9,13-14H,8,10-12H2,1-2H3,(H2,21,22,23,24,26)/t13-,14-/m1/s1. The lowest BCUT2D eigenvalue weighted by Gasteiger charge is -2.35. The van der Waals surface area contributed by atoms with Gasteiger partial charge in [-0.25, -0.2) is 4.98 Å². The van der Waals surface area contributed by atoms with E-state index in [1.165, 1.54) is 6.42 Å². The first-order valence-corrected chi connectivity index (χ1v) is 9.66. The fourth-order valence-corrected chi connectivity index (χ4v) is 3.74. The molecule has 0 bridgehead atoms. The summed E-state index contributed by atoms with van der Waals surface area (Å²) in [5.41, 5.74) is 1.15. The minimum absolute atomic E-state index is 0.411. The van der Waals surface area contributed by atoms with E-state index in [2.05, 4.69) is 39.3 Å². The van der Waals surface area contributed by atoms with Gasteiger partial charge in [0.1, 0.15) is 11.0 Å². The SMILES string of the molecule is C[C@@H]1C[C@@H](C)CN(c2cc(Cl)nc(NC(=S)NCc3ccccc3)n2)C1. The van der Waals surface area contributed by atoms with Crippen LogP contribution in [0, 0.1) is 11.8 Å². The molecule has 1 saturated heterocycles. The maximum absolute atomic E-state index is 6.22. The molecule has 0 aliphatic carbocycles. The van der Waals surface area contributed by atoms with Gasteiger partial charge in [-0.1, -0.05) is 55.8 Å². The van der Waals surface area contributed by atoms with Crippen LogP contribution in [-0.2, 0) is 6.54 Å². The van der Waals surface area contributed by atoms with Crippen LogP contribution < -0.4 is 15.5 Å². The van der Waals surface area contributed by atoms with Crippen molar-refractivity contribution in [3.8, 4) is 0 Å². The van der Waals surface area contributed by atoms with Crippen LogP contribution in [0.4, 0.5) is 11.8 Å². The molecule has 2 aromatic rings. The average Bonchev–Trinajstić information content (AvgIpc) is 2.59. The van der Waals surface area contributed by atoms with Gasteiger partial charge in [-0.3, -0.25) is 0 Å². The van der Waals surface area contributed by atoms with Crippen LogP contribution in [0.25, 0.3) is 0 Å². The van der Waals surface area contributed by atoms with E-state index in [0.29, 0.717) is 34.6 Å². The van der Waals surface area contributed by atoms with Crippen molar-refractivity contribution >= 4 is 40.7 Å². The molecule has 3 rings (SSSR count). The van der Waals surface area contributed by atoms with Crippen molar-refractivity contribution in [1.82, 2.24) is 15.3 Å². The topological polar surface area (TPSA) is 53.1 Å². The number of rotatable bonds is 4. The molecule has 0 saturated carbocycles. The van der Waals surface area contributed by atoms with Gasteiger partial charge in [-0.05, 0) is 36.0 Å². The van der Waals surface area contributed by atoms with Crippen molar-refractivity contribution in [1.29, 1.82) is 0 Å². The Balaban J connectivity index is 1.64. The van der Waals surface area contributed by atoms with Crippen LogP contribution >= 0.6 is 23.8 Å². The van der Waals surface area contributed by atoms with Gasteiger partial charge in [0, 0.05) is 25.7 Å². The third kappa shape index (κ3) is 5.29. The molecule has 0 radical (unpaired) electrons. The van der Waals surface area contributed by atoms with Crippen LogP contribution in [0.15, 0.2) is 36.4 Å². The second-order valence-corrected chi connectivity index (χ2v) is 7.81. The minimum atomic E-state index is 0.411. The highest BCUT2D eigenvalue weighted by molar-refractivity contribution is 7.80. The smallest absolute Gasteiger partial charge is 0.232 e. The number of hydrogen-bond donors (Lipinski definition) is 2. The summed E-state index contributed by atoms with van der Waals surface area (Å²) in [6, 6.07) is 11.9. The summed E-state index contributed by atoms with van der Waals surface area (Å²) in [6.45, 7) is 7.14. The number of thiocarbonyl (C=S) groups is 1. The summed E-state index contributed by atoms with van der Waals surface area (Å²) in [7, 11) is 0. The summed E-state index contributed by atoms with van der Waals surface area (Å²) in [4.78, 5) is 11.1. The number of nitrogens with zero attached hydrogens (tertiary/aromatic N) is 3. The van der Waals surface area contributed by atoms with Crippen LogP contribution in [0.2, 0.25) is 5.15 Å². The zero-order valence-electron chi connectivity index (χ0n) is 15.1. The molecule has 1 aromatic heterocycles. The number of benzene rings is 1. The Bertz CT molecular complexity index is 745. The van der Waals surface area contributed by atoms with Crippen molar-refractivity contribution in [2.45, 2.75) is 26.8 Å². The van der Waals surface area contributed by atoms with Crippen molar-refractivity contribution in [2.75, 3.05) is 23.3 Å². The molecule has 138 valence electrons. The molecule has 2 N–H and O–H groups in total. The fraction of sp³-hybridized carbons (Fsp3) is 0.421. The molecule has 7 heteroatoms. The van der Waals surface area contributed by atoms with Crippen molar-refractivity contribution < 1.29 is 0 Å². The third-order valence-electron chi connectivity index (χ3n) is 4.40. The van der Waals surface area contributed by atoms with E-state index in [4.69, 9.17) is 23.8 Å². The number of halogens is 1. The Kier molecular flexibility index (Phi) is 6.27. The molecule has 0 amide bonds. The highest BCUT2D eigenvalue weighted by Crippen LogP contribution is 2.27. The van der Waals surface area contributed by atoms with Crippen LogP contribution in [0.5, 0.6) is 0 Å². The first-order valence-electron chi connectivity index (χ1n) is 8.88. The van der Waals surface area contributed by atoms with Crippen LogP contribution in [0.1, 0.15) is 25.8 Å². The number of anilines is 2. The summed E-state index contributed by atoms with van der Waals surface area (Å²) < 4.78 is 0. The van der Waals surface area contributed by atoms with E-state index in [-0.39, 0.29) is 0 Å². The molecule has 5 nitrogen and oxygen atoms in total. The molecule has 1 aromatic carbocycles. The monoisotopic (exact) mass is 389 g/mol. The average molecular weight is 390 g/mol. The summed E-state index contributed by atoms with van der Waals surface area (Å²) in [5.74, 6) is 2.54. The lowest BCUT2D eigenvalue weighted by atomic mass is 9.92. The quantitative estimate of drug-likeness (QED) is 0.606. The van der Waals surface area contributed by atoms with Crippen LogP contribution in [-0.4, -0.2) is 28.2 Å². The molecule has 2 heterocycles. The van der Waals surface area contributed by atoms with Gasteiger partial charge in [0.2, 0.25) is 5.95 Å². The van der Waals surface area contributed by atoms with Crippen LogP contribution in [0.3, 0.4) is 0 Å². The van der Waals surface area contributed by atoms with E-state index < -0.39 is 0 Å². The van der Waals surface area contributed by atoms with Gasteiger partial charge in [-0.15, -0.1) is 0 Å². The molecule has 0 unspecified atom stereocenters. The lowest BCUT2D eigenvalue weighted by Crippen LogP contribution is -2.39. The van der Waals surface area contributed by atoms with E-state index in [1.807, 2.05) is 36.4 Å². The van der Waals surface area contributed by atoms with Gasteiger partial charge < -0.3 is 15.5 Å². The van der Waals surface area contributed by atoms with Gasteiger partial charge >= 0.3 is 0 Å². The molecular weight excluding hydrogens is 366 g/mol. The fourth-order valence-electron chi connectivity index (χ4n) is 3.40. The largest absolute Gasteiger partial charge is 0.358 e.